The fourth-order valence-corrected chi connectivity index (χ4v) is 4.11. The van der Waals surface area contributed by atoms with E-state index in [1.807, 2.05) is 36.4 Å². The molecular weight excluding hydrogens is 358 g/mol. The quantitative estimate of drug-likeness (QED) is 0.604. The summed E-state index contributed by atoms with van der Waals surface area (Å²) in [5.41, 5.74) is 3.47. The molecule has 0 N–H and O–H groups in total. The first-order chi connectivity index (χ1) is 13.7. The lowest BCUT2D eigenvalue weighted by molar-refractivity contribution is -0.115. The summed E-state index contributed by atoms with van der Waals surface area (Å²) in [6, 6.07) is 11.5. The van der Waals surface area contributed by atoms with Gasteiger partial charge >= 0.3 is 0 Å². The number of methoxy groups -OCH3 is 2. The summed E-state index contributed by atoms with van der Waals surface area (Å²) in [6.07, 6.45) is 3.78. The minimum absolute atomic E-state index is 0.0150. The number of ether oxygens (including phenoxy) is 2. The summed E-state index contributed by atoms with van der Waals surface area (Å²) in [4.78, 5) is 14.1. The lowest BCUT2D eigenvalue weighted by atomic mass is 9.89. The molecule has 0 spiro atoms. The highest BCUT2D eigenvalue weighted by Crippen LogP contribution is 2.43. The Morgan fingerprint density at radius 2 is 1.86 bits per heavy atom. The second-order valence-electron chi connectivity index (χ2n) is 6.99. The summed E-state index contributed by atoms with van der Waals surface area (Å²) in [6.45, 7) is 0.609. The number of hydrogen-bond acceptors (Lipinski definition) is 7. The lowest BCUT2D eigenvalue weighted by Gasteiger charge is -2.41. The van der Waals surface area contributed by atoms with Gasteiger partial charge in [0.15, 0.2) is 0 Å². The molecule has 146 valence electrons. The van der Waals surface area contributed by atoms with Crippen molar-refractivity contribution in [3.63, 3.8) is 0 Å². The van der Waals surface area contributed by atoms with Crippen molar-refractivity contribution in [1.29, 1.82) is 0 Å². The monoisotopic (exact) mass is 381 g/mol. The van der Waals surface area contributed by atoms with E-state index in [1.54, 1.807) is 14.2 Å². The Labute approximate surface area is 163 Å². The SMILES string of the molecule is COc1cccc(OC)c1C1CCCC(C=O)N1Cc1ccc2nonc2c1. The molecule has 2 atom stereocenters. The Morgan fingerprint density at radius 3 is 2.57 bits per heavy atom. The van der Waals surface area contributed by atoms with Gasteiger partial charge in [0.1, 0.15) is 28.8 Å². The van der Waals surface area contributed by atoms with Crippen molar-refractivity contribution in [3.8, 4) is 11.5 Å². The van der Waals surface area contributed by atoms with Crippen LogP contribution in [0, 0.1) is 0 Å². The Bertz CT molecular complexity index is 949. The van der Waals surface area contributed by atoms with Crippen molar-refractivity contribution in [2.75, 3.05) is 14.2 Å². The van der Waals surface area contributed by atoms with Crippen molar-refractivity contribution in [2.45, 2.75) is 37.9 Å². The number of rotatable bonds is 6. The van der Waals surface area contributed by atoms with Crippen LogP contribution in [-0.4, -0.2) is 41.8 Å². The number of aldehydes is 1. The van der Waals surface area contributed by atoms with Crippen molar-refractivity contribution < 1.29 is 18.9 Å². The maximum Gasteiger partial charge on any atom is 0.137 e. The smallest absolute Gasteiger partial charge is 0.137 e. The molecule has 1 aromatic heterocycles. The second-order valence-corrected chi connectivity index (χ2v) is 6.99. The van der Waals surface area contributed by atoms with Crippen LogP contribution in [-0.2, 0) is 11.3 Å². The van der Waals surface area contributed by atoms with Crippen LogP contribution in [0.4, 0.5) is 0 Å². The summed E-state index contributed by atoms with van der Waals surface area (Å²) in [5, 5.41) is 7.79. The van der Waals surface area contributed by atoms with E-state index in [0.29, 0.717) is 12.1 Å². The summed E-state index contributed by atoms with van der Waals surface area (Å²) < 4.78 is 16.1. The number of benzene rings is 2. The van der Waals surface area contributed by atoms with Gasteiger partial charge in [-0.1, -0.05) is 12.1 Å². The predicted molar refractivity (Wildman–Crippen MR) is 103 cm³/mol. The fraction of sp³-hybridized carbons (Fsp3) is 0.381. The van der Waals surface area contributed by atoms with Gasteiger partial charge in [0, 0.05) is 12.6 Å². The van der Waals surface area contributed by atoms with Gasteiger partial charge < -0.3 is 14.3 Å². The molecule has 1 saturated heterocycles. The molecule has 0 amide bonds. The molecule has 3 aromatic rings. The topological polar surface area (TPSA) is 77.7 Å². The second kappa shape index (κ2) is 7.98. The van der Waals surface area contributed by atoms with Gasteiger partial charge in [-0.2, -0.15) is 0 Å². The molecule has 4 rings (SSSR count). The largest absolute Gasteiger partial charge is 0.496 e. The molecule has 2 unspecified atom stereocenters. The average molecular weight is 381 g/mol. The molecule has 7 heteroatoms. The van der Waals surface area contributed by atoms with Crippen molar-refractivity contribution in [3.05, 3.63) is 47.5 Å². The Hall–Kier alpha value is -2.93. The van der Waals surface area contributed by atoms with Gasteiger partial charge in [0.25, 0.3) is 0 Å². The van der Waals surface area contributed by atoms with Crippen molar-refractivity contribution in [2.24, 2.45) is 0 Å². The Kier molecular flexibility index (Phi) is 5.25. The number of piperidine rings is 1. The van der Waals surface area contributed by atoms with E-state index in [2.05, 4.69) is 15.2 Å². The van der Waals surface area contributed by atoms with Gasteiger partial charge in [0.05, 0.1) is 25.8 Å². The standard InChI is InChI=1S/C21H23N3O4/c1-26-19-7-4-8-20(27-2)21(19)18-6-3-5-15(13-25)24(18)12-14-9-10-16-17(11-14)23-28-22-16/h4,7-11,13,15,18H,3,5-6,12H2,1-2H3. The van der Waals surface area contributed by atoms with E-state index in [4.69, 9.17) is 14.1 Å². The van der Waals surface area contributed by atoms with Crippen LogP contribution in [0.15, 0.2) is 41.0 Å². The third kappa shape index (κ3) is 3.33. The zero-order valence-electron chi connectivity index (χ0n) is 16.0. The molecule has 0 bridgehead atoms. The maximum absolute atomic E-state index is 11.9. The zero-order valence-corrected chi connectivity index (χ0v) is 16.0. The number of fused-ring (bicyclic) bond motifs is 1. The molecule has 1 aliphatic rings. The highest BCUT2D eigenvalue weighted by Gasteiger charge is 2.34. The molecular formula is C21H23N3O4. The van der Waals surface area contributed by atoms with E-state index >= 15 is 0 Å². The fourth-order valence-electron chi connectivity index (χ4n) is 4.11. The van der Waals surface area contributed by atoms with Gasteiger partial charge in [-0.15, -0.1) is 0 Å². The van der Waals surface area contributed by atoms with Crippen LogP contribution < -0.4 is 9.47 Å². The van der Waals surface area contributed by atoms with Crippen LogP contribution in [0.3, 0.4) is 0 Å². The number of carbonyl (C=O) groups excluding carboxylic acids is 1. The van der Waals surface area contributed by atoms with E-state index in [0.717, 1.165) is 53.7 Å². The van der Waals surface area contributed by atoms with E-state index < -0.39 is 0 Å². The first kappa shape index (κ1) is 18.4. The van der Waals surface area contributed by atoms with E-state index in [-0.39, 0.29) is 12.1 Å². The van der Waals surface area contributed by atoms with Crippen LogP contribution in [0.5, 0.6) is 11.5 Å². The zero-order chi connectivity index (χ0) is 19.5. The molecule has 0 aliphatic carbocycles. The number of carbonyl (C=O) groups is 1. The third-order valence-corrected chi connectivity index (χ3v) is 5.44. The van der Waals surface area contributed by atoms with Crippen LogP contribution in [0.2, 0.25) is 0 Å². The van der Waals surface area contributed by atoms with Gasteiger partial charge in [0.2, 0.25) is 0 Å². The number of likely N-dealkylation sites (tertiary alicyclic amines) is 1. The van der Waals surface area contributed by atoms with Gasteiger partial charge in [-0.25, -0.2) is 4.63 Å². The summed E-state index contributed by atoms with van der Waals surface area (Å²) in [7, 11) is 3.32. The Balaban J connectivity index is 1.74. The van der Waals surface area contributed by atoms with E-state index in [9.17, 15) is 4.79 Å². The molecule has 1 aliphatic heterocycles. The lowest BCUT2D eigenvalue weighted by Crippen LogP contribution is -2.42. The number of nitrogens with zero attached hydrogens (tertiary/aromatic N) is 3. The molecule has 0 radical (unpaired) electrons. The molecule has 2 aromatic carbocycles. The van der Waals surface area contributed by atoms with Gasteiger partial charge in [-0.3, -0.25) is 4.90 Å². The van der Waals surface area contributed by atoms with Crippen molar-refractivity contribution >= 4 is 17.3 Å². The highest BCUT2D eigenvalue weighted by atomic mass is 16.6. The Morgan fingerprint density at radius 1 is 1.11 bits per heavy atom. The minimum atomic E-state index is -0.167. The number of hydrogen-bond donors (Lipinski definition) is 0. The molecule has 7 nitrogen and oxygen atoms in total. The molecule has 28 heavy (non-hydrogen) atoms. The molecule has 0 saturated carbocycles. The third-order valence-electron chi connectivity index (χ3n) is 5.44. The summed E-state index contributed by atoms with van der Waals surface area (Å²) in [5.74, 6) is 1.55. The van der Waals surface area contributed by atoms with Crippen LogP contribution in [0.25, 0.3) is 11.0 Å². The maximum atomic E-state index is 11.9. The van der Waals surface area contributed by atoms with Crippen molar-refractivity contribution in [1.82, 2.24) is 15.2 Å². The molecule has 1 fully saturated rings. The predicted octanol–water partition coefficient (Wildman–Crippen LogP) is 3.53. The highest BCUT2D eigenvalue weighted by molar-refractivity contribution is 5.73. The first-order valence-corrected chi connectivity index (χ1v) is 9.38. The number of aromatic nitrogens is 2. The van der Waals surface area contributed by atoms with Crippen LogP contribution in [0.1, 0.15) is 36.4 Å². The van der Waals surface area contributed by atoms with Crippen LogP contribution >= 0.6 is 0 Å². The van der Waals surface area contributed by atoms with E-state index in [1.165, 1.54) is 0 Å². The first-order valence-electron chi connectivity index (χ1n) is 9.38. The van der Waals surface area contributed by atoms with Gasteiger partial charge in [-0.05, 0) is 59.4 Å². The summed E-state index contributed by atoms with van der Waals surface area (Å²) >= 11 is 0. The average Bonchev–Trinajstić information content (AvgIpc) is 3.21. The minimum Gasteiger partial charge on any atom is -0.496 e. The normalized spacial score (nSPS) is 20.2. The molecule has 2 heterocycles.